The molecule has 3 aromatic rings. The maximum absolute atomic E-state index is 5.47. The standard InChI is InChI=1S/C21H25N5O/c1-22-15-4-6-16(7-5-15)26-21-18-11-14(3-8-19(18)24-13-25-21)17-9-10-23-12-20(17)27-2/h3,8-13,15-16,22H,4-7H2,1-2H3,(H,24,25,26). The van der Waals surface area contributed by atoms with Crippen LogP contribution in [-0.2, 0) is 0 Å². The molecule has 1 saturated carbocycles. The highest BCUT2D eigenvalue weighted by Crippen LogP contribution is 2.33. The van der Waals surface area contributed by atoms with E-state index in [0.717, 1.165) is 46.4 Å². The van der Waals surface area contributed by atoms with Crippen molar-refractivity contribution in [2.24, 2.45) is 0 Å². The molecule has 6 nitrogen and oxygen atoms in total. The minimum Gasteiger partial charge on any atom is -0.494 e. The van der Waals surface area contributed by atoms with E-state index in [-0.39, 0.29) is 0 Å². The maximum Gasteiger partial charge on any atom is 0.144 e. The molecule has 1 aliphatic carbocycles. The number of pyridine rings is 1. The molecule has 0 unspecified atom stereocenters. The van der Waals surface area contributed by atoms with Gasteiger partial charge in [-0.25, -0.2) is 9.97 Å². The van der Waals surface area contributed by atoms with Gasteiger partial charge in [0.15, 0.2) is 0 Å². The average Bonchev–Trinajstić information content (AvgIpc) is 2.74. The van der Waals surface area contributed by atoms with Gasteiger partial charge in [-0.1, -0.05) is 6.07 Å². The molecule has 27 heavy (non-hydrogen) atoms. The predicted octanol–water partition coefficient (Wildman–Crippen LogP) is 3.64. The van der Waals surface area contributed by atoms with Gasteiger partial charge in [0, 0.05) is 29.2 Å². The van der Waals surface area contributed by atoms with Crippen LogP contribution in [0.2, 0.25) is 0 Å². The zero-order valence-corrected chi connectivity index (χ0v) is 15.8. The second kappa shape index (κ2) is 7.88. The van der Waals surface area contributed by atoms with Crippen molar-refractivity contribution in [3.63, 3.8) is 0 Å². The normalized spacial score (nSPS) is 19.8. The van der Waals surface area contributed by atoms with Crippen LogP contribution in [0.25, 0.3) is 22.0 Å². The van der Waals surface area contributed by atoms with Crippen molar-refractivity contribution in [3.8, 4) is 16.9 Å². The van der Waals surface area contributed by atoms with Gasteiger partial charge in [-0.2, -0.15) is 0 Å². The molecule has 1 aliphatic rings. The second-order valence-electron chi connectivity index (χ2n) is 7.01. The van der Waals surface area contributed by atoms with E-state index in [1.54, 1.807) is 25.8 Å². The van der Waals surface area contributed by atoms with Crippen LogP contribution in [0, 0.1) is 0 Å². The van der Waals surface area contributed by atoms with E-state index in [0.29, 0.717) is 12.1 Å². The first kappa shape index (κ1) is 17.7. The summed E-state index contributed by atoms with van der Waals surface area (Å²) >= 11 is 0. The molecule has 0 amide bonds. The molecular formula is C21H25N5O. The first-order valence-corrected chi connectivity index (χ1v) is 9.45. The maximum atomic E-state index is 5.47. The molecule has 0 bridgehead atoms. The minimum absolute atomic E-state index is 0.451. The van der Waals surface area contributed by atoms with Crippen LogP contribution in [0.3, 0.4) is 0 Å². The Morgan fingerprint density at radius 3 is 2.63 bits per heavy atom. The summed E-state index contributed by atoms with van der Waals surface area (Å²) in [7, 11) is 3.71. The molecule has 0 aliphatic heterocycles. The van der Waals surface area contributed by atoms with Crippen LogP contribution >= 0.6 is 0 Å². The molecule has 0 saturated heterocycles. The van der Waals surface area contributed by atoms with Crippen LogP contribution < -0.4 is 15.4 Å². The molecule has 0 spiro atoms. The highest BCUT2D eigenvalue weighted by Gasteiger charge is 2.21. The van der Waals surface area contributed by atoms with Gasteiger partial charge in [-0.05, 0) is 56.5 Å². The van der Waals surface area contributed by atoms with Crippen LogP contribution in [0.4, 0.5) is 5.82 Å². The van der Waals surface area contributed by atoms with Crippen LogP contribution in [0.1, 0.15) is 25.7 Å². The lowest BCUT2D eigenvalue weighted by atomic mass is 9.91. The Hall–Kier alpha value is -2.73. The largest absolute Gasteiger partial charge is 0.494 e. The zero-order valence-electron chi connectivity index (χ0n) is 15.8. The van der Waals surface area contributed by atoms with Crippen LogP contribution in [0.15, 0.2) is 43.0 Å². The summed E-state index contributed by atoms with van der Waals surface area (Å²) in [5, 5.41) is 8.07. The van der Waals surface area contributed by atoms with E-state index < -0.39 is 0 Å². The topological polar surface area (TPSA) is 72.0 Å². The molecule has 2 heterocycles. The molecule has 4 rings (SSSR count). The Kier molecular flexibility index (Phi) is 5.16. The number of rotatable bonds is 5. The van der Waals surface area contributed by atoms with Crippen molar-refractivity contribution in [2.75, 3.05) is 19.5 Å². The zero-order chi connectivity index (χ0) is 18.6. The molecule has 1 aromatic carbocycles. The molecular weight excluding hydrogens is 338 g/mol. The highest BCUT2D eigenvalue weighted by atomic mass is 16.5. The third-order valence-electron chi connectivity index (χ3n) is 5.43. The van der Waals surface area contributed by atoms with Gasteiger partial charge in [-0.3, -0.25) is 4.98 Å². The second-order valence-corrected chi connectivity index (χ2v) is 7.01. The van der Waals surface area contributed by atoms with E-state index in [2.05, 4.69) is 37.7 Å². The van der Waals surface area contributed by atoms with Gasteiger partial charge >= 0.3 is 0 Å². The number of benzene rings is 1. The summed E-state index contributed by atoms with van der Waals surface area (Å²) < 4.78 is 5.47. The van der Waals surface area contributed by atoms with Crippen molar-refractivity contribution in [1.29, 1.82) is 0 Å². The van der Waals surface area contributed by atoms with Crippen LogP contribution in [0.5, 0.6) is 5.75 Å². The highest BCUT2D eigenvalue weighted by molar-refractivity contribution is 5.93. The Morgan fingerprint density at radius 1 is 1.04 bits per heavy atom. The number of methoxy groups -OCH3 is 1. The average molecular weight is 363 g/mol. The van der Waals surface area contributed by atoms with Crippen molar-refractivity contribution in [3.05, 3.63) is 43.0 Å². The van der Waals surface area contributed by atoms with Gasteiger partial charge in [0.25, 0.3) is 0 Å². The fourth-order valence-corrected chi connectivity index (χ4v) is 3.84. The number of aromatic nitrogens is 3. The monoisotopic (exact) mass is 363 g/mol. The SMILES string of the molecule is CNC1CCC(Nc2ncnc3ccc(-c4ccncc4OC)cc23)CC1. The third-order valence-corrected chi connectivity index (χ3v) is 5.43. The number of hydrogen-bond donors (Lipinski definition) is 2. The van der Waals surface area contributed by atoms with E-state index in [4.69, 9.17) is 4.74 Å². The first-order valence-electron chi connectivity index (χ1n) is 9.45. The van der Waals surface area contributed by atoms with Gasteiger partial charge in [0.05, 0.1) is 18.8 Å². The van der Waals surface area contributed by atoms with Crippen molar-refractivity contribution in [1.82, 2.24) is 20.3 Å². The number of hydrogen-bond acceptors (Lipinski definition) is 6. The number of nitrogens with zero attached hydrogens (tertiary/aromatic N) is 3. The summed E-state index contributed by atoms with van der Waals surface area (Å²) in [5.41, 5.74) is 3.02. The van der Waals surface area contributed by atoms with Crippen molar-refractivity contribution < 1.29 is 4.74 Å². The van der Waals surface area contributed by atoms with Gasteiger partial charge in [0.2, 0.25) is 0 Å². The van der Waals surface area contributed by atoms with E-state index >= 15 is 0 Å². The smallest absolute Gasteiger partial charge is 0.144 e. The first-order chi connectivity index (χ1) is 13.3. The minimum atomic E-state index is 0.451. The molecule has 0 atom stereocenters. The summed E-state index contributed by atoms with van der Waals surface area (Å²) in [5.74, 6) is 1.66. The third kappa shape index (κ3) is 3.71. The Morgan fingerprint density at radius 2 is 1.85 bits per heavy atom. The lowest BCUT2D eigenvalue weighted by molar-refractivity contribution is 0.371. The Balaban J connectivity index is 1.66. The Labute approximate surface area is 159 Å². The number of anilines is 1. The molecule has 0 radical (unpaired) electrons. The van der Waals surface area contributed by atoms with Gasteiger partial charge in [0.1, 0.15) is 17.9 Å². The fraction of sp³-hybridized carbons (Fsp3) is 0.381. The summed E-state index contributed by atoms with van der Waals surface area (Å²) in [6, 6.07) is 9.29. The number of nitrogens with one attached hydrogen (secondary N) is 2. The molecule has 1 fully saturated rings. The van der Waals surface area contributed by atoms with Gasteiger partial charge in [-0.15, -0.1) is 0 Å². The summed E-state index contributed by atoms with van der Waals surface area (Å²) in [6.45, 7) is 0. The van der Waals surface area contributed by atoms with Crippen molar-refractivity contribution in [2.45, 2.75) is 37.8 Å². The quantitative estimate of drug-likeness (QED) is 0.721. The number of ether oxygens (including phenoxy) is 1. The molecule has 6 heteroatoms. The van der Waals surface area contributed by atoms with E-state index in [9.17, 15) is 0 Å². The van der Waals surface area contributed by atoms with Crippen molar-refractivity contribution >= 4 is 16.7 Å². The molecule has 140 valence electrons. The summed E-state index contributed by atoms with van der Waals surface area (Å²) in [6.07, 6.45) is 9.83. The van der Waals surface area contributed by atoms with E-state index in [1.807, 2.05) is 19.2 Å². The van der Waals surface area contributed by atoms with E-state index in [1.165, 1.54) is 12.8 Å². The molecule has 2 N–H and O–H groups in total. The molecule has 2 aromatic heterocycles. The number of fused-ring (bicyclic) bond motifs is 1. The predicted molar refractivity (Wildman–Crippen MR) is 108 cm³/mol. The Bertz CT molecular complexity index is 921. The lowest BCUT2D eigenvalue weighted by Crippen LogP contribution is -2.35. The van der Waals surface area contributed by atoms with Crippen LogP contribution in [-0.4, -0.2) is 41.2 Å². The summed E-state index contributed by atoms with van der Waals surface area (Å²) in [4.78, 5) is 13.1. The van der Waals surface area contributed by atoms with Gasteiger partial charge < -0.3 is 15.4 Å². The fourth-order valence-electron chi connectivity index (χ4n) is 3.84. The lowest BCUT2D eigenvalue weighted by Gasteiger charge is -2.29.